The predicted molar refractivity (Wildman–Crippen MR) is 99.5 cm³/mol. The minimum atomic E-state index is -0.297. The lowest BCUT2D eigenvalue weighted by atomic mass is 10.1. The summed E-state index contributed by atoms with van der Waals surface area (Å²) in [6, 6.07) is 6.75. The first-order valence-corrected chi connectivity index (χ1v) is 9.63. The molecule has 0 aromatic heterocycles. The molecule has 4 amide bonds. The number of halogens is 1. The van der Waals surface area contributed by atoms with Gasteiger partial charge in [-0.2, -0.15) is 0 Å². The van der Waals surface area contributed by atoms with E-state index in [1.54, 1.807) is 34.1 Å². The van der Waals surface area contributed by atoms with Crippen molar-refractivity contribution in [2.45, 2.75) is 19.3 Å². The first-order chi connectivity index (χ1) is 13.0. The Labute approximate surface area is 162 Å². The van der Waals surface area contributed by atoms with Crippen LogP contribution in [-0.2, 0) is 9.59 Å². The molecule has 144 valence electrons. The summed E-state index contributed by atoms with van der Waals surface area (Å²) in [4.78, 5) is 53.5. The topological polar surface area (TPSA) is 78.0 Å². The highest BCUT2D eigenvalue weighted by Gasteiger charge is 2.34. The normalized spacial score (nSPS) is 16.7. The van der Waals surface area contributed by atoms with Crippen molar-refractivity contribution in [1.82, 2.24) is 14.7 Å². The Morgan fingerprint density at radius 2 is 1.33 bits per heavy atom. The van der Waals surface area contributed by atoms with Gasteiger partial charge in [0.2, 0.25) is 11.8 Å². The number of carbonyl (C=O) groups is 4. The molecule has 1 aromatic carbocycles. The first-order valence-electron chi connectivity index (χ1n) is 9.09. The molecule has 0 radical (unpaired) electrons. The Hall–Kier alpha value is -2.41. The van der Waals surface area contributed by atoms with E-state index in [2.05, 4.69) is 0 Å². The summed E-state index contributed by atoms with van der Waals surface area (Å²) in [7, 11) is 0. The number of amides is 4. The van der Waals surface area contributed by atoms with Gasteiger partial charge < -0.3 is 9.80 Å². The monoisotopic (exact) mass is 391 g/mol. The molecule has 0 aliphatic carbocycles. The van der Waals surface area contributed by atoms with Gasteiger partial charge in [-0.3, -0.25) is 24.1 Å². The Balaban J connectivity index is 1.44. The van der Waals surface area contributed by atoms with Crippen LogP contribution in [0.5, 0.6) is 0 Å². The quantitative estimate of drug-likeness (QED) is 0.542. The summed E-state index contributed by atoms with van der Waals surface area (Å²) in [5.41, 5.74) is 0.845. The number of piperazine rings is 1. The van der Waals surface area contributed by atoms with Gasteiger partial charge in [0.15, 0.2) is 0 Å². The molecule has 0 spiro atoms. The third-order valence-electron chi connectivity index (χ3n) is 4.94. The van der Waals surface area contributed by atoms with Crippen LogP contribution in [-0.4, -0.2) is 76.9 Å². The number of hydrogen-bond acceptors (Lipinski definition) is 4. The van der Waals surface area contributed by atoms with Crippen molar-refractivity contribution in [3.8, 4) is 0 Å². The number of hydrogen-bond donors (Lipinski definition) is 0. The van der Waals surface area contributed by atoms with E-state index in [0.29, 0.717) is 56.0 Å². The standard InChI is InChI=1S/C19H22ClN3O4/c20-8-7-17(25)22-12-10-21(11-13-22)16(24)6-3-9-23-18(26)14-4-1-2-5-15(14)19(23)27/h1-2,4-5H,3,6-13H2. The van der Waals surface area contributed by atoms with Crippen LogP contribution in [0.25, 0.3) is 0 Å². The van der Waals surface area contributed by atoms with Crippen molar-refractivity contribution in [3.05, 3.63) is 35.4 Å². The molecule has 2 aliphatic heterocycles. The number of rotatable bonds is 6. The number of benzene rings is 1. The van der Waals surface area contributed by atoms with Gasteiger partial charge in [-0.15, -0.1) is 11.6 Å². The Kier molecular flexibility index (Phi) is 6.11. The molecule has 3 rings (SSSR count). The molecule has 2 heterocycles. The summed E-state index contributed by atoms with van der Waals surface area (Å²) in [5.74, 6) is -0.293. The van der Waals surface area contributed by atoms with Gasteiger partial charge in [-0.1, -0.05) is 12.1 Å². The van der Waals surface area contributed by atoms with Crippen LogP contribution in [0.15, 0.2) is 24.3 Å². The summed E-state index contributed by atoms with van der Waals surface area (Å²) in [6.07, 6.45) is 1.01. The zero-order chi connectivity index (χ0) is 19.4. The number of nitrogens with zero attached hydrogens (tertiary/aromatic N) is 3. The second-order valence-electron chi connectivity index (χ2n) is 6.61. The van der Waals surface area contributed by atoms with Crippen molar-refractivity contribution >= 4 is 35.2 Å². The van der Waals surface area contributed by atoms with Crippen LogP contribution in [0.1, 0.15) is 40.0 Å². The summed E-state index contributed by atoms with van der Waals surface area (Å²) >= 11 is 5.59. The van der Waals surface area contributed by atoms with Crippen LogP contribution in [0.2, 0.25) is 0 Å². The Morgan fingerprint density at radius 1 is 0.852 bits per heavy atom. The summed E-state index contributed by atoms with van der Waals surface area (Å²) < 4.78 is 0. The molecule has 0 N–H and O–H groups in total. The highest BCUT2D eigenvalue weighted by atomic mass is 35.5. The third-order valence-corrected chi connectivity index (χ3v) is 5.13. The average Bonchev–Trinajstić information content (AvgIpc) is 2.93. The lowest BCUT2D eigenvalue weighted by Crippen LogP contribution is -2.50. The molecular weight excluding hydrogens is 370 g/mol. The summed E-state index contributed by atoms with van der Waals surface area (Å²) in [5, 5.41) is 0. The maximum atomic E-state index is 12.4. The van der Waals surface area contributed by atoms with E-state index in [1.165, 1.54) is 4.90 Å². The second kappa shape index (κ2) is 8.52. The van der Waals surface area contributed by atoms with Crippen LogP contribution in [0.3, 0.4) is 0 Å². The van der Waals surface area contributed by atoms with Crippen molar-refractivity contribution in [2.75, 3.05) is 38.6 Å². The highest BCUT2D eigenvalue weighted by Crippen LogP contribution is 2.22. The van der Waals surface area contributed by atoms with Gasteiger partial charge in [0, 0.05) is 51.4 Å². The molecule has 1 aromatic rings. The fourth-order valence-corrected chi connectivity index (χ4v) is 3.59. The van der Waals surface area contributed by atoms with Crippen LogP contribution in [0.4, 0.5) is 0 Å². The molecule has 0 unspecified atom stereocenters. The minimum Gasteiger partial charge on any atom is -0.339 e. The molecular formula is C19H22ClN3O4. The highest BCUT2D eigenvalue weighted by molar-refractivity contribution is 6.21. The van der Waals surface area contributed by atoms with Gasteiger partial charge >= 0.3 is 0 Å². The zero-order valence-electron chi connectivity index (χ0n) is 15.0. The van der Waals surface area contributed by atoms with Crippen LogP contribution >= 0.6 is 11.6 Å². The molecule has 2 aliphatic rings. The molecule has 8 heteroatoms. The fourth-order valence-electron chi connectivity index (χ4n) is 3.43. The minimum absolute atomic E-state index is 0.0164. The van der Waals surface area contributed by atoms with Gasteiger partial charge in [-0.05, 0) is 18.6 Å². The molecule has 1 fully saturated rings. The van der Waals surface area contributed by atoms with E-state index in [9.17, 15) is 19.2 Å². The van der Waals surface area contributed by atoms with E-state index in [1.807, 2.05) is 0 Å². The van der Waals surface area contributed by atoms with Crippen molar-refractivity contribution in [3.63, 3.8) is 0 Å². The SMILES string of the molecule is O=C(CCCl)N1CCN(C(=O)CCCN2C(=O)c3ccccc3C2=O)CC1. The van der Waals surface area contributed by atoms with E-state index < -0.39 is 0 Å². The average molecular weight is 392 g/mol. The van der Waals surface area contributed by atoms with Gasteiger partial charge in [-0.25, -0.2) is 0 Å². The molecule has 0 bridgehead atoms. The van der Waals surface area contributed by atoms with Crippen LogP contribution in [0, 0.1) is 0 Å². The van der Waals surface area contributed by atoms with Crippen molar-refractivity contribution < 1.29 is 19.2 Å². The fraction of sp³-hybridized carbons (Fsp3) is 0.474. The van der Waals surface area contributed by atoms with Crippen LogP contribution < -0.4 is 0 Å². The lowest BCUT2D eigenvalue weighted by Gasteiger charge is -2.35. The molecule has 7 nitrogen and oxygen atoms in total. The summed E-state index contributed by atoms with van der Waals surface area (Å²) in [6.45, 7) is 2.26. The number of carbonyl (C=O) groups excluding carboxylic acids is 4. The van der Waals surface area contributed by atoms with E-state index in [-0.39, 0.29) is 36.6 Å². The van der Waals surface area contributed by atoms with Gasteiger partial charge in [0.05, 0.1) is 11.1 Å². The maximum Gasteiger partial charge on any atom is 0.261 e. The predicted octanol–water partition coefficient (Wildman–Crippen LogP) is 1.36. The van der Waals surface area contributed by atoms with E-state index in [0.717, 1.165) is 0 Å². The Bertz CT molecular complexity index is 724. The Morgan fingerprint density at radius 3 is 1.81 bits per heavy atom. The first kappa shape index (κ1) is 19.4. The lowest BCUT2D eigenvalue weighted by molar-refractivity contribution is -0.139. The number of fused-ring (bicyclic) bond motifs is 1. The van der Waals surface area contributed by atoms with Gasteiger partial charge in [0.25, 0.3) is 11.8 Å². The molecule has 1 saturated heterocycles. The molecule has 27 heavy (non-hydrogen) atoms. The zero-order valence-corrected chi connectivity index (χ0v) is 15.8. The third kappa shape index (κ3) is 4.13. The van der Waals surface area contributed by atoms with Crippen molar-refractivity contribution in [2.24, 2.45) is 0 Å². The van der Waals surface area contributed by atoms with E-state index in [4.69, 9.17) is 11.6 Å². The maximum absolute atomic E-state index is 12.4. The number of imide groups is 1. The smallest absolute Gasteiger partial charge is 0.261 e. The molecule has 0 atom stereocenters. The second-order valence-corrected chi connectivity index (χ2v) is 6.99. The van der Waals surface area contributed by atoms with E-state index >= 15 is 0 Å². The largest absolute Gasteiger partial charge is 0.339 e. The van der Waals surface area contributed by atoms with Crippen molar-refractivity contribution in [1.29, 1.82) is 0 Å². The van der Waals surface area contributed by atoms with Gasteiger partial charge in [0.1, 0.15) is 0 Å². The number of alkyl halides is 1. The molecule has 0 saturated carbocycles.